The fourth-order valence-corrected chi connectivity index (χ4v) is 3.22. The second-order valence-corrected chi connectivity index (χ2v) is 5.88. The maximum Gasteiger partial charge on any atom is 0.307 e. The fourth-order valence-electron chi connectivity index (χ4n) is 3.22. The number of allylic oxidation sites excluding steroid dienone is 2. The number of aliphatic hydroxyl groups is 1. The molecule has 1 saturated carbocycles. The Balaban J connectivity index is 2.10. The molecule has 0 spiro atoms. The summed E-state index contributed by atoms with van der Waals surface area (Å²) in [5, 5.41) is 21.3. The molecule has 2 aliphatic rings. The number of carboxylic acids is 1. The Labute approximate surface area is 112 Å². The van der Waals surface area contributed by atoms with Gasteiger partial charge in [0.25, 0.3) is 0 Å². The van der Waals surface area contributed by atoms with Crippen LogP contribution < -0.4 is 5.32 Å². The monoisotopic (exact) mass is 267 g/mol. The number of aliphatic hydroxyl groups excluding tert-OH is 1. The lowest BCUT2D eigenvalue weighted by Crippen LogP contribution is -2.47. The van der Waals surface area contributed by atoms with Crippen LogP contribution in [0, 0.1) is 29.6 Å². The van der Waals surface area contributed by atoms with E-state index in [1.165, 1.54) is 0 Å². The number of hydrogen-bond acceptors (Lipinski definition) is 3. The third-order valence-corrected chi connectivity index (χ3v) is 4.38. The summed E-state index contributed by atoms with van der Waals surface area (Å²) in [6.45, 7) is 3.70. The maximum atomic E-state index is 12.3. The van der Waals surface area contributed by atoms with Gasteiger partial charge in [-0.05, 0) is 24.2 Å². The van der Waals surface area contributed by atoms with Gasteiger partial charge in [-0.25, -0.2) is 0 Å². The first kappa shape index (κ1) is 14.1. The summed E-state index contributed by atoms with van der Waals surface area (Å²) in [5.74, 6) is -2.14. The van der Waals surface area contributed by atoms with E-state index >= 15 is 0 Å². The topological polar surface area (TPSA) is 86.6 Å². The van der Waals surface area contributed by atoms with Crippen molar-refractivity contribution in [1.29, 1.82) is 0 Å². The van der Waals surface area contributed by atoms with Crippen LogP contribution in [0.3, 0.4) is 0 Å². The van der Waals surface area contributed by atoms with Crippen molar-refractivity contribution in [2.75, 3.05) is 6.61 Å². The van der Waals surface area contributed by atoms with Gasteiger partial charge >= 0.3 is 5.97 Å². The highest BCUT2D eigenvalue weighted by atomic mass is 16.4. The first-order chi connectivity index (χ1) is 8.95. The lowest BCUT2D eigenvalue weighted by atomic mass is 9.82. The molecule has 0 radical (unpaired) electrons. The third-order valence-electron chi connectivity index (χ3n) is 4.38. The molecule has 0 aromatic rings. The van der Waals surface area contributed by atoms with E-state index < -0.39 is 17.8 Å². The summed E-state index contributed by atoms with van der Waals surface area (Å²) in [4.78, 5) is 23.6. The van der Waals surface area contributed by atoms with Crippen molar-refractivity contribution in [1.82, 2.24) is 5.32 Å². The number of rotatable bonds is 5. The third kappa shape index (κ3) is 2.52. The molecule has 1 amide bonds. The average molecular weight is 267 g/mol. The van der Waals surface area contributed by atoms with Gasteiger partial charge in [0.05, 0.1) is 24.5 Å². The van der Waals surface area contributed by atoms with E-state index in [1.807, 2.05) is 26.0 Å². The molecule has 0 aliphatic heterocycles. The Morgan fingerprint density at radius 1 is 1.26 bits per heavy atom. The minimum atomic E-state index is -0.901. The van der Waals surface area contributed by atoms with Crippen LogP contribution >= 0.6 is 0 Å². The first-order valence-corrected chi connectivity index (χ1v) is 6.78. The van der Waals surface area contributed by atoms with Gasteiger partial charge in [-0.1, -0.05) is 26.0 Å². The summed E-state index contributed by atoms with van der Waals surface area (Å²) < 4.78 is 0. The highest BCUT2D eigenvalue weighted by Crippen LogP contribution is 2.48. The summed E-state index contributed by atoms with van der Waals surface area (Å²) in [5.41, 5.74) is 0. The van der Waals surface area contributed by atoms with Crippen LogP contribution in [0.4, 0.5) is 0 Å². The Kier molecular flexibility index (Phi) is 3.94. The number of nitrogens with one attached hydrogen (secondary N) is 1. The number of carbonyl (C=O) groups excluding carboxylic acids is 1. The van der Waals surface area contributed by atoms with Crippen molar-refractivity contribution in [3.8, 4) is 0 Å². The number of carbonyl (C=O) groups is 2. The summed E-state index contributed by atoms with van der Waals surface area (Å²) in [7, 11) is 0. The molecule has 5 atom stereocenters. The molecule has 5 heteroatoms. The molecule has 0 saturated heterocycles. The molecule has 5 nitrogen and oxygen atoms in total. The Bertz CT molecular complexity index is 404. The average Bonchev–Trinajstić information content (AvgIpc) is 2.94. The predicted octanol–water partition coefficient (Wildman–Crippen LogP) is 0.642. The zero-order chi connectivity index (χ0) is 14.2. The normalized spacial score (nSPS) is 33.7. The smallest absolute Gasteiger partial charge is 0.307 e. The van der Waals surface area contributed by atoms with Gasteiger partial charge in [0.1, 0.15) is 0 Å². The number of carboxylic acid groups (broad SMARTS) is 1. The molecule has 0 aromatic carbocycles. The molecular formula is C14H21NO4. The summed E-state index contributed by atoms with van der Waals surface area (Å²) in [6, 6.07) is -0.315. The van der Waals surface area contributed by atoms with Crippen LogP contribution in [0.2, 0.25) is 0 Å². The minimum Gasteiger partial charge on any atom is -0.481 e. The fraction of sp³-hybridized carbons (Fsp3) is 0.714. The summed E-state index contributed by atoms with van der Waals surface area (Å²) >= 11 is 0. The largest absolute Gasteiger partial charge is 0.481 e. The molecule has 2 rings (SSSR count). The van der Waals surface area contributed by atoms with Crippen LogP contribution in [-0.2, 0) is 9.59 Å². The highest BCUT2D eigenvalue weighted by Gasteiger charge is 2.51. The van der Waals surface area contributed by atoms with E-state index in [1.54, 1.807) is 0 Å². The van der Waals surface area contributed by atoms with Gasteiger partial charge in [-0.3, -0.25) is 9.59 Å². The number of fused-ring (bicyclic) bond motifs is 2. The van der Waals surface area contributed by atoms with Gasteiger partial charge in [0.2, 0.25) is 5.91 Å². The Morgan fingerprint density at radius 3 is 2.32 bits per heavy atom. The second-order valence-electron chi connectivity index (χ2n) is 5.88. The van der Waals surface area contributed by atoms with Gasteiger partial charge < -0.3 is 15.5 Å². The van der Waals surface area contributed by atoms with E-state index in [4.69, 9.17) is 0 Å². The zero-order valence-electron chi connectivity index (χ0n) is 11.2. The van der Waals surface area contributed by atoms with Crippen LogP contribution in [-0.4, -0.2) is 34.7 Å². The quantitative estimate of drug-likeness (QED) is 0.638. The second kappa shape index (κ2) is 5.33. The van der Waals surface area contributed by atoms with Crippen molar-refractivity contribution in [3.63, 3.8) is 0 Å². The molecule has 2 bridgehead atoms. The zero-order valence-corrected chi connectivity index (χ0v) is 11.2. The molecule has 0 heterocycles. The lowest BCUT2D eigenvalue weighted by molar-refractivity contribution is -0.148. The molecule has 0 aromatic heterocycles. The van der Waals surface area contributed by atoms with E-state index in [2.05, 4.69) is 5.32 Å². The predicted molar refractivity (Wildman–Crippen MR) is 69.2 cm³/mol. The summed E-state index contributed by atoms with van der Waals surface area (Å²) in [6.07, 6.45) is 4.62. The van der Waals surface area contributed by atoms with Crippen molar-refractivity contribution in [3.05, 3.63) is 12.2 Å². The van der Waals surface area contributed by atoms with Crippen molar-refractivity contribution >= 4 is 11.9 Å². The number of hydrogen-bond donors (Lipinski definition) is 3. The van der Waals surface area contributed by atoms with Crippen LogP contribution in [0.25, 0.3) is 0 Å². The van der Waals surface area contributed by atoms with Crippen LogP contribution in [0.1, 0.15) is 20.3 Å². The molecule has 19 heavy (non-hydrogen) atoms. The molecular weight excluding hydrogens is 246 g/mol. The number of amides is 1. The lowest BCUT2D eigenvalue weighted by Gasteiger charge is -2.27. The van der Waals surface area contributed by atoms with Gasteiger partial charge in [-0.15, -0.1) is 0 Å². The maximum absolute atomic E-state index is 12.3. The van der Waals surface area contributed by atoms with Crippen molar-refractivity contribution < 1.29 is 19.8 Å². The molecule has 3 unspecified atom stereocenters. The Hall–Kier alpha value is -1.36. The highest BCUT2D eigenvalue weighted by molar-refractivity contribution is 5.87. The SMILES string of the molecule is CC(C)C(CO)NC(=O)[C@H]1C2C=CC(C2)[C@H]1C(=O)O. The van der Waals surface area contributed by atoms with E-state index in [0.29, 0.717) is 0 Å². The van der Waals surface area contributed by atoms with Crippen LogP contribution in [0.5, 0.6) is 0 Å². The standard InChI is InChI=1S/C14H21NO4/c1-7(2)10(6-16)15-13(17)11-8-3-4-9(5-8)12(11)14(18)19/h3-4,7-12,16H,5-6H2,1-2H3,(H,15,17)(H,18,19)/t8?,9?,10?,11-,12+/m0/s1. The van der Waals surface area contributed by atoms with Gasteiger partial charge in [0, 0.05) is 0 Å². The molecule has 106 valence electrons. The van der Waals surface area contributed by atoms with Crippen molar-refractivity contribution in [2.45, 2.75) is 26.3 Å². The minimum absolute atomic E-state index is 0.0233. The van der Waals surface area contributed by atoms with Gasteiger partial charge in [-0.2, -0.15) is 0 Å². The first-order valence-electron chi connectivity index (χ1n) is 6.78. The number of aliphatic carboxylic acids is 1. The van der Waals surface area contributed by atoms with Crippen LogP contribution in [0.15, 0.2) is 12.2 Å². The molecule has 1 fully saturated rings. The van der Waals surface area contributed by atoms with E-state index in [-0.39, 0.29) is 36.3 Å². The van der Waals surface area contributed by atoms with E-state index in [0.717, 1.165) is 6.42 Å². The molecule has 2 aliphatic carbocycles. The Morgan fingerprint density at radius 2 is 1.84 bits per heavy atom. The van der Waals surface area contributed by atoms with E-state index in [9.17, 15) is 19.8 Å². The van der Waals surface area contributed by atoms with Crippen molar-refractivity contribution in [2.24, 2.45) is 29.6 Å². The van der Waals surface area contributed by atoms with Gasteiger partial charge in [0.15, 0.2) is 0 Å². The molecule has 3 N–H and O–H groups in total.